The highest BCUT2D eigenvalue weighted by Gasteiger charge is 2.38. The van der Waals surface area contributed by atoms with Gasteiger partial charge >= 0.3 is 5.97 Å². The topological polar surface area (TPSA) is 76.4 Å². The first-order valence-electron chi connectivity index (χ1n) is 8.44. The number of rotatable bonds is 7. The minimum absolute atomic E-state index is 0.192. The van der Waals surface area contributed by atoms with Crippen molar-refractivity contribution in [3.63, 3.8) is 0 Å². The van der Waals surface area contributed by atoms with Gasteiger partial charge in [0, 0.05) is 32.3 Å². The fourth-order valence-electron chi connectivity index (χ4n) is 3.27. The lowest BCUT2D eigenvalue weighted by Gasteiger charge is -2.42. The summed E-state index contributed by atoms with van der Waals surface area (Å²) in [5.74, 6) is -0.762. The molecule has 136 valence electrons. The van der Waals surface area contributed by atoms with E-state index in [9.17, 15) is 19.4 Å². The summed E-state index contributed by atoms with van der Waals surface area (Å²) in [4.78, 5) is 19.5. The molecule has 0 aromatic carbocycles. The summed E-state index contributed by atoms with van der Waals surface area (Å²) in [6.07, 6.45) is 1.67. The van der Waals surface area contributed by atoms with Gasteiger partial charge in [0.25, 0.3) is 0 Å². The quantitative estimate of drug-likeness (QED) is 0.739. The van der Waals surface area contributed by atoms with Crippen LogP contribution in [0.15, 0.2) is 16.9 Å². The zero-order chi connectivity index (χ0) is 18.1. The Morgan fingerprint density at radius 2 is 2.12 bits per heavy atom. The SMILES string of the molecule is CC1=NC(CCN2CC(C)(F)C2)=CN([C@@H](CC(C)C)C(=O)O)[C@H]1O. The first-order valence-corrected chi connectivity index (χ1v) is 8.44. The van der Waals surface area contributed by atoms with Crippen LogP contribution < -0.4 is 0 Å². The van der Waals surface area contributed by atoms with Gasteiger partial charge in [-0.15, -0.1) is 0 Å². The molecule has 0 unspecified atom stereocenters. The van der Waals surface area contributed by atoms with E-state index in [1.54, 1.807) is 20.0 Å². The number of aliphatic imine (C=N–C) groups is 1. The summed E-state index contributed by atoms with van der Waals surface area (Å²) in [7, 11) is 0. The second kappa shape index (κ2) is 7.19. The molecule has 0 aromatic rings. The summed E-state index contributed by atoms with van der Waals surface area (Å²) in [5.41, 5.74) is 0.107. The van der Waals surface area contributed by atoms with Crippen molar-refractivity contribution < 1.29 is 19.4 Å². The molecule has 2 heterocycles. The van der Waals surface area contributed by atoms with Crippen LogP contribution in [0.5, 0.6) is 0 Å². The number of nitrogens with zero attached hydrogens (tertiary/aromatic N) is 3. The van der Waals surface area contributed by atoms with Gasteiger partial charge in [-0.3, -0.25) is 9.89 Å². The Balaban J connectivity index is 2.05. The minimum Gasteiger partial charge on any atom is -0.480 e. The van der Waals surface area contributed by atoms with Gasteiger partial charge in [-0.2, -0.15) is 0 Å². The standard InChI is InChI=1S/C17H28FN3O3/c1-11(2)7-14(16(23)24)21-8-13(19-12(3)15(21)22)5-6-20-9-17(4,18)10-20/h8,11,14-15,22H,5-7,9-10H2,1-4H3,(H,23,24)/t14-,15-/m0/s1. The van der Waals surface area contributed by atoms with E-state index < -0.39 is 23.9 Å². The first kappa shape index (κ1) is 18.9. The molecule has 0 radical (unpaired) electrons. The molecule has 0 saturated carbocycles. The van der Waals surface area contributed by atoms with Crippen molar-refractivity contribution >= 4 is 11.7 Å². The van der Waals surface area contributed by atoms with E-state index in [2.05, 4.69) is 4.99 Å². The maximum absolute atomic E-state index is 13.5. The molecule has 6 nitrogen and oxygen atoms in total. The molecule has 0 aromatic heterocycles. The van der Waals surface area contributed by atoms with E-state index in [1.807, 2.05) is 18.7 Å². The van der Waals surface area contributed by atoms with Gasteiger partial charge in [0.1, 0.15) is 11.7 Å². The summed E-state index contributed by atoms with van der Waals surface area (Å²) >= 11 is 0. The van der Waals surface area contributed by atoms with Gasteiger partial charge in [-0.05, 0) is 26.2 Å². The lowest BCUT2D eigenvalue weighted by Crippen LogP contribution is -2.57. The van der Waals surface area contributed by atoms with Crippen LogP contribution in [-0.4, -0.2) is 69.3 Å². The highest BCUT2D eigenvalue weighted by molar-refractivity contribution is 5.88. The third-order valence-corrected chi connectivity index (χ3v) is 4.40. The van der Waals surface area contributed by atoms with Crippen LogP contribution in [0.2, 0.25) is 0 Å². The number of likely N-dealkylation sites (tertiary alicyclic amines) is 1. The number of carboxylic acids is 1. The molecule has 2 rings (SSSR count). The van der Waals surface area contributed by atoms with Crippen LogP contribution in [0.1, 0.15) is 40.5 Å². The van der Waals surface area contributed by atoms with Crippen LogP contribution in [0.4, 0.5) is 4.39 Å². The number of hydrogen-bond donors (Lipinski definition) is 2. The fourth-order valence-corrected chi connectivity index (χ4v) is 3.27. The van der Waals surface area contributed by atoms with Crippen LogP contribution in [0.3, 0.4) is 0 Å². The number of alkyl halides is 1. The fraction of sp³-hybridized carbons (Fsp3) is 0.765. The number of carboxylic acid groups (broad SMARTS) is 1. The molecule has 1 fully saturated rings. The monoisotopic (exact) mass is 341 g/mol. The number of carbonyl (C=O) groups is 1. The number of aliphatic carboxylic acids is 1. The van der Waals surface area contributed by atoms with Crippen molar-refractivity contribution in [1.29, 1.82) is 0 Å². The average Bonchev–Trinajstić information content (AvgIpc) is 2.43. The molecular weight excluding hydrogens is 313 g/mol. The molecule has 2 aliphatic rings. The second-order valence-corrected chi connectivity index (χ2v) is 7.55. The molecule has 2 aliphatic heterocycles. The van der Waals surface area contributed by atoms with Gasteiger partial charge in [0.2, 0.25) is 0 Å². The van der Waals surface area contributed by atoms with E-state index >= 15 is 0 Å². The summed E-state index contributed by atoms with van der Waals surface area (Å²) in [6, 6.07) is -0.793. The number of aliphatic hydroxyl groups excluding tert-OH is 1. The van der Waals surface area contributed by atoms with Crippen molar-refractivity contribution in [2.45, 2.75) is 58.5 Å². The van der Waals surface area contributed by atoms with Crippen molar-refractivity contribution in [2.24, 2.45) is 10.9 Å². The normalized spacial score (nSPS) is 25.1. The van der Waals surface area contributed by atoms with Crippen molar-refractivity contribution in [3.8, 4) is 0 Å². The Kier molecular flexibility index (Phi) is 5.65. The lowest BCUT2D eigenvalue weighted by molar-refractivity contribution is -0.145. The first-order chi connectivity index (χ1) is 11.1. The third-order valence-electron chi connectivity index (χ3n) is 4.40. The van der Waals surface area contributed by atoms with E-state index in [0.29, 0.717) is 38.2 Å². The van der Waals surface area contributed by atoms with Crippen LogP contribution >= 0.6 is 0 Å². The lowest BCUT2D eigenvalue weighted by atomic mass is 9.98. The number of hydrogen-bond acceptors (Lipinski definition) is 5. The van der Waals surface area contributed by atoms with Gasteiger partial charge in [0.05, 0.1) is 11.4 Å². The van der Waals surface area contributed by atoms with E-state index in [1.165, 1.54) is 4.90 Å². The molecule has 1 saturated heterocycles. The maximum atomic E-state index is 13.5. The third kappa shape index (κ3) is 4.54. The average molecular weight is 341 g/mol. The van der Waals surface area contributed by atoms with Crippen molar-refractivity contribution in [1.82, 2.24) is 9.80 Å². The molecular formula is C17H28FN3O3. The Morgan fingerprint density at radius 1 is 1.50 bits per heavy atom. The Hall–Kier alpha value is -1.47. The highest BCUT2D eigenvalue weighted by atomic mass is 19.1. The molecule has 0 bridgehead atoms. The molecule has 0 aliphatic carbocycles. The maximum Gasteiger partial charge on any atom is 0.326 e. The van der Waals surface area contributed by atoms with Crippen LogP contribution in [0, 0.1) is 5.92 Å². The van der Waals surface area contributed by atoms with E-state index in [-0.39, 0.29) is 5.92 Å². The summed E-state index contributed by atoms with van der Waals surface area (Å²) in [6.45, 7) is 8.70. The van der Waals surface area contributed by atoms with Gasteiger partial charge in [-0.25, -0.2) is 9.18 Å². The zero-order valence-corrected chi connectivity index (χ0v) is 14.9. The summed E-state index contributed by atoms with van der Waals surface area (Å²) < 4.78 is 13.5. The van der Waals surface area contributed by atoms with Crippen LogP contribution in [-0.2, 0) is 4.79 Å². The van der Waals surface area contributed by atoms with Crippen molar-refractivity contribution in [3.05, 3.63) is 11.9 Å². The second-order valence-electron chi connectivity index (χ2n) is 7.55. The minimum atomic E-state index is -1.10. The predicted molar refractivity (Wildman–Crippen MR) is 90.5 cm³/mol. The molecule has 24 heavy (non-hydrogen) atoms. The van der Waals surface area contributed by atoms with Gasteiger partial charge < -0.3 is 15.1 Å². The smallest absolute Gasteiger partial charge is 0.326 e. The van der Waals surface area contributed by atoms with Crippen molar-refractivity contribution in [2.75, 3.05) is 19.6 Å². The summed E-state index contributed by atoms with van der Waals surface area (Å²) in [5, 5.41) is 19.8. The van der Waals surface area contributed by atoms with Crippen LogP contribution in [0.25, 0.3) is 0 Å². The number of aliphatic hydroxyl groups is 1. The zero-order valence-electron chi connectivity index (χ0n) is 14.9. The largest absolute Gasteiger partial charge is 0.480 e. The number of halogens is 1. The highest BCUT2D eigenvalue weighted by Crippen LogP contribution is 2.26. The molecule has 0 amide bonds. The molecule has 7 heteroatoms. The Morgan fingerprint density at radius 3 is 2.62 bits per heavy atom. The Labute approximate surface area is 142 Å². The van der Waals surface area contributed by atoms with Gasteiger partial charge in [0.15, 0.2) is 6.23 Å². The van der Waals surface area contributed by atoms with E-state index in [4.69, 9.17) is 0 Å². The Bertz CT molecular complexity index is 537. The molecule has 2 atom stereocenters. The van der Waals surface area contributed by atoms with E-state index in [0.717, 1.165) is 5.70 Å². The molecule has 2 N–H and O–H groups in total. The predicted octanol–water partition coefficient (Wildman–Crippen LogP) is 1.86. The van der Waals surface area contributed by atoms with Gasteiger partial charge in [-0.1, -0.05) is 13.8 Å². The molecule has 0 spiro atoms.